The fraction of sp³-hybridized carbons (Fsp3) is 0.538. The van der Waals surface area contributed by atoms with Crippen molar-refractivity contribution in [3.05, 3.63) is 29.3 Å². The molecule has 1 saturated heterocycles. The molecule has 0 radical (unpaired) electrons. The van der Waals surface area contributed by atoms with Crippen molar-refractivity contribution in [1.29, 1.82) is 0 Å². The lowest BCUT2D eigenvalue weighted by molar-refractivity contribution is 0.195. The molecule has 0 atom stereocenters. The molecule has 1 aromatic rings. The maximum absolute atomic E-state index is 11.4. The Morgan fingerprint density at radius 3 is 2.45 bits per heavy atom. The zero-order valence-corrected chi connectivity index (χ0v) is 13.1. The minimum Gasteiger partial charge on any atom is -0.383 e. The van der Waals surface area contributed by atoms with Crippen molar-refractivity contribution in [2.45, 2.75) is 0 Å². The van der Waals surface area contributed by atoms with Crippen LogP contribution >= 0.6 is 11.6 Å². The summed E-state index contributed by atoms with van der Waals surface area (Å²) in [6.45, 7) is 4.37. The minimum absolute atomic E-state index is 0.574. The van der Waals surface area contributed by atoms with E-state index in [4.69, 9.17) is 11.6 Å². The molecule has 0 bridgehead atoms. The Morgan fingerprint density at radius 2 is 1.85 bits per heavy atom. The largest absolute Gasteiger partial charge is 0.383 e. The molecule has 5 nitrogen and oxygen atoms in total. The summed E-state index contributed by atoms with van der Waals surface area (Å²) in [5.74, 6) is 0. The van der Waals surface area contributed by atoms with Gasteiger partial charge in [0.05, 0.1) is 17.0 Å². The number of anilines is 1. The van der Waals surface area contributed by atoms with Crippen molar-refractivity contribution in [3.8, 4) is 0 Å². The van der Waals surface area contributed by atoms with Gasteiger partial charge in [-0.15, -0.1) is 0 Å². The molecule has 0 spiro atoms. The molecule has 1 aliphatic heterocycles. The van der Waals surface area contributed by atoms with E-state index in [1.807, 2.05) is 24.3 Å². The van der Waals surface area contributed by atoms with Gasteiger partial charge in [0, 0.05) is 39.3 Å². The third-order valence-electron chi connectivity index (χ3n) is 3.42. The van der Waals surface area contributed by atoms with Gasteiger partial charge >= 0.3 is 0 Å². The van der Waals surface area contributed by atoms with Crippen LogP contribution < -0.4 is 5.32 Å². The minimum atomic E-state index is -3.04. The van der Waals surface area contributed by atoms with Crippen molar-refractivity contribution in [1.82, 2.24) is 9.21 Å². The molecule has 112 valence electrons. The van der Waals surface area contributed by atoms with Gasteiger partial charge in [0.2, 0.25) is 10.0 Å². The number of benzene rings is 1. The van der Waals surface area contributed by atoms with Crippen LogP contribution in [0.2, 0.25) is 5.02 Å². The van der Waals surface area contributed by atoms with Gasteiger partial charge in [0.25, 0.3) is 0 Å². The lowest BCUT2D eigenvalue weighted by Gasteiger charge is -2.33. The molecule has 7 heteroatoms. The quantitative estimate of drug-likeness (QED) is 0.890. The number of hydrogen-bond acceptors (Lipinski definition) is 4. The van der Waals surface area contributed by atoms with Crippen molar-refractivity contribution in [2.24, 2.45) is 0 Å². The fourth-order valence-corrected chi connectivity index (χ4v) is 3.27. The number of piperazine rings is 1. The first-order valence-electron chi connectivity index (χ1n) is 6.63. The molecule has 0 amide bonds. The average Bonchev–Trinajstić information content (AvgIpc) is 2.40. The summed E-state index contributed by atoms with van der Waals surface area (Å²) in [5.41, 5.74) is 0.934. The van der Waals surface area contributed by atoms with E-state index in [1.165, 1.54) is 10.6 Å². The second-order valence-corrected chi connectivity index (χ2v) is 7.30. The fourth-order valence-electron chi connectivity index (χ4n) is 2.24. The molecule has 1 N–H and O–H groups in total. The van der Waals surface area contributed by atoms with Crippen LogP contribution in [0, 0.1) is 0 Å². The van der Waals surface area contributed by atoms with Crippen LogP contribution in [0.5, 0.6) is 0 Å². The summed E-state index contributed by atoms with van der Waals surface area (Å²) >= 11 is 6.07. The monoisotopic (exact) mass is 317 g/mol. The topological polar surface area (TPSA) is 52.7 Å². The average molecular weight is 318 g/mol. The number of sulfonamides is 1. The van der Waals surface area contributed by atoms with E-state index in [9.17, 15) is 8.42 Å². The van der Waals surface area contributed by atoms with Crippen LogP contribution in [0.25, 0.3) is 0 Å². The predicted molar refractivity (Wildman–Crippen MR) is 82.8 cm³/mol. The van der Waals surface area contributed by atoms with Crippen molar-refractivity contribution in [2.75, 3.05) is 50.8 Å². The number of nitrogens with one attached hydrogen (secondary N) is 1. The molecular formula is C13H20ClN3O2S. The summed E-state index contributed by atoms with van der Waals surface area (Å²) in [4.78, 5) is 2.26. The van der Waals surface area contributed by atoms with Crippen LogP contribution in [0.4, 0.5) is 5.69 Å². The summed E-state index contributed by atoms with van der Waals surface area (Å²) in [6.07, 6.45) is 1.27. The van der Waals surface area contributed by atoms with Gasteiger partial charge in [-0.1, -0.05) is 23.7 Å². The molecular weight excluding hydrogens is 298 g/mol. The Kier molecular flexibility index (Phi) is 5.26. The van der Waals surface area contributed by atoms with Gasteiger partial charge in [-0.2, -0.15) is 4.31 Å². The Hall–Kier alpha value is -0.820. The second-order valence-electron chi connectivity index (χ2n) is 4.91. The van der Waals surface area contributed by atoms with Crippen LogP contribution in [0.1, 0.15) is 0 Å². The van der Waals surface area contributed by atoms with E-state index >= 15 is 0 Å². The highest BCUT2D eigenvalue weighted by Crippen LogP contribution is 2.19. The van der Waals surface area contributed by atoms with E-state index < -0.39 is 10.0 Å². The van der Waals surface area contributed by atoms with Crippen LogP contribution in [0.15, 0.2) is 24.3 Å². The summed E-state index contributed by atoms with van der Waals surface area (Å²) in [5, 5.41) is 4.01. The van der Waals surface area contributed by atoms with E-state index in [0.29, 0.717) is 13.1 Å². The number of rotatable bonds is 5. The lowest BCUT2D eigenvalue weighted by Crippen LogP contribution is -2.49. The van der Waals surface area contributed by atoms with Crippen molar-refractivity contribution >= 4 is 27.3 Å². The van der Waals surface area contributed by atoms with Crippen LogP contribution in [0.3, 0.4) is 0 Å². The maximum atomic E-state index is 11.4. The number of halogens is 1. The third kappa shape index (κ3) is 4.34. The zero-order valence-electron chi connectivity index (χ0n) is 11.5. The molecule has 0 aromatic heterocycles. The summed E-state index contributed by atoms with van der Waals surface area (Å²) in [6, 6.07) is 7.65. The molecule has 1 fully saturated rings. The molecule has 1 heterocycles. The van der Waals surface area contributed by atoms with E-state index in [2.05, 4.69) is 10.2 Å². The van der Waals surface area contributed by atoms with Crippen LogP contribution in [-0.4, -0.2) is 63.1 Å². The molecule has 0 aliphatic carbocycles. The molecule has 2 rings (SSSR count). The Bertz CT molecular complexity index is 542. The molecule has 1 aromatic carbocycles. The number of hydrogen-bond donors (Lipinski definition) is 1. The highest BCUT2D eigenvalue weighted by molar-refractivity contribution is 7.88. The Labute approximate surface area is 125 Å². The van der Waals surface area contributed by atoms with Crippen molar-refractivity contribution < 1.29 is 8.42 Å². The highest BCUT2D eigenvalue weighted by atomic mass is 35.5. The lowest BCUT2D eigenvalue weighted by atomic mass is 10.3. The maximum Gasteiger partial charge on any atom is 0.211 e. The van der Waals surface area contributed by atoms with Crippen LogP contribution in [-0.2, 0) is 10.0 Å². The smallest absolute Gasteiger partial charge is 0.211 e. The van der Waals surface area contributed by atoms with E-state index in [-0.39, 0.29) is 0 Å². The number of nitrogens with zero attached hydrogens (tertiary/aromatic N) is 2. The predicted octanol–water partition coefficient (Wildman–Crippen LogP) is 1.33. The van der Waals surface area contributed by atoms with Gasteiger partial charge in [-0.3, -0.25) is 4.90 Å². The first kappa shape index (κ1) is 15.6. The molecule has 1 aliphatic rings. The van der Waals surface area contributed by atoms with E-state index in [0.717, 1.165) is 36.9 Å². The Morgan fingerprint density at radius 1 is 1.20 bits per heavy atom. The molecule has 0 unspecified atom stereocenters. The van der Waals surface area contributed by atoms with Gasteiger partial charge in [0.1, 0.15) is 0 Å². The normalized spacial score (nSPS) is 18.1. The van der Waals surface area contributed by atoms with Gasteiger partial charge in [0.15, 0.2) is 0 Å². The SMILES string of the molecule is CS(=O)(=O)N1CCN(CCNc2ccccc2Cl)CC1. The summed E-state index contributed by atoms with van der Waals surface area (Å²) < 4.78 is 24.4. The standard InChI is InChI=1S/C13H20ClN3O2S/c1-20(18,19)17-10-8-16(9-11-17)7-6-15-13-5-3-2-4-12(13)14/h2-5,15H,6-11H2,1H3. The first-order valence-corrected chi connectivity index (χ1v) is 8.85. The van der Waals surface area contributed by atoms with Crippen molar-refractivity contribution in [3.63, 3.8) is 0 Å². The third-order valence-corrected chi connectivity index (χ3v) is 5.05. The Balaban J connectivity index is 1.73. The molecule has 20 heavy (non-hydrogen) atoms. The summed E-state index contributed by atoms with van der Waals surface area (Å²) in [7, 11) is -3.04. The molecule has 0 saturated carbocycles. The first-order chi connectivity index (χ1) is 9.47. The van der Waals surface area contributed by atoms with Gasteiger partial charge in [-0.25, -0.2) is 8.42 Å². The van der Waals surface area contributed by atoms with Gasteiger partial charge in [-0.05, 0) is 12.1 Å². The zero-order chi connectivity index (χ0) is 14.6. The highest BCUT2D eigenvalue weighted by Gasteiger charge is 2.22. The number of para-hydroxylation sites is 1. The second kappa shape index (κ2) is 6.76. The van der Waals surface area contributed by atoms with E-state index in [1.54, 1.807) is 0 Å². The van der Waals surface area contributed by atoms with Gasteiger partial charge < -0.3 is 5.32 Å².